The maximum Gasteiger partial charge on any atom is 0.224 e. The van der Waals surface area contributed by atoms with Crippen molar-refractivity contribution in [2.24, 2.45) is 0 Å². The van der Waals surface area contributed by atoms with Crippen LogP contribution in [0.15, 0.2) is 48.5 Å². The molecular weight excluding hydrogens is 312 g/mol. The number of nitrogens with one attached hydrogen (secondary N) is 1. The van der Waals surface area contributed by atoms with Gasteiger partial charge in [0.05, 0.1) is 6.42 Å². The van der Waals surface area contributed by atoms with Crippen LogP contribution < -0.4 is 5.32 Å². The molecule has 1 saturated carbocycles. The monoisotopic (exact) mass is 334 g/mol. The lowest BCUT2D eigenvalue weighted by molar-refractivity contribution is -0.119. The molecule has 1 amide bonds. The third-order valence-corrected chi connectivity index (χ3v) is 4.96. The first-order valence-corrected chi connectivity index (χ1v) is 8.76. The Bertz CT molecular complexity index is 924. The number of phenolic OH excluding ortho intramolecular Hbond substituents is 1. The molecule has 0 radical (unpaired) electrons. The zero-order valence-corrected chi connectivity index (χ0v) is 14.3. The summed E-state index contributed by atoms with van der Waals surface area (Å²) < 4.78 is 2.33. The predicted octanol–water partition coefficient (Wildman–Crippen LogP) is 3.56. The lowest BCUT2D eigenvalue weighted by Gasteiger charge is -2.12. The number of rotatable bonds is 5. The normalized spacial score (nSPS) is 14.0. The van der Waals surface area contributed by atoms with Gasteiger partial charge in [-0.05, 0) is 48.1 Å². The number of aromatic nitrogens is 1. The number of hydrogen-bond donors (Lipinski definition) is 2. The molecule has 2 aromatic carbocycles. The van der Waals surface area contributed by atoms with Crippen LogP contribution in [0.25, 0.3) is 10.9 Å². The van der Waals surface area contributed by atoms with Gasteiger partial charge in [0, 0.05) is 30.2 Å². The Morgan fingerprint density at radius 1 is 1.20 bits per heavy atom. The lowest BCUT2D eigenvalue weighted by Crippen LogP contribution is -2.20. The largest absolute Gasteiger partial charge is 0.508 e. The highest BCUT2D eigenvalue weighted by Gasteiger charge is 2.32. The highest BCUT2D eigenvalue weighted by atomic mass is 16.3. The molecule has 128 valence electrons. The Morgan fingerprint density at radius 2 is 1.96 bits per heavy atom. The molecule has 0 aliphatic heterocycles. The molecule has 0 atom stereocenters. The van der Waals surface area contributed by atoms with Crippen LogP contribution in [0.5, 0.6) is 5.75 Å². The molecule has 0 bridgehead atoms. The van der Waals surface area contributed by atoms with Gasteiger partial charge in [-0.3, -0.25) is 4.79 Å². The maximum absolute atomic E-state index is 12.1. The molecule has 1 aliphatic carbocycles. The van der Waals surface area contributed by atoms with Crippen LogP contribution in [0, 0.1) is 0 Å². The average molecular weight is 334 g/mol. The van der Waals surface area contributed by atoms with Crippen LogP contribution in [-0.2, 0) is 17.8 Å². The fourth-order valence-corrected chi connectivity index (χ4v) is 3.63. The molecule has 1 aromatic heterocycles. The zero-order valence-electron chi connectivity index (χ0n) is 14.3. The van der Waals surface area contributed by atoms with Crippen molar-refractivity contribution in [1.29, 1.82) is 0 Å². The van der Waals surface area contributed by atoms with Crippen molar-refractivity contribution in [2.45, 2.75) is 31.7 Å². The summed E-state index contributed by atoms with van der Waals surface area (Å²) in [6.45, 7) is 0.779. The number of hydrogen-bond acceptors (Lipinski definition) is 2. The Morgan fingerprint density at radius 3 is 2.64 bits per heavy atom. The molecule has 0 unspecified atom stereocenters. The summed E-state index contributed by atoms with van der Waals surface area (Å²) in [5, 5.41) is 13.7. The summed E-state index contributed by atoms with van der Waals surface area (Å²) >= 11 is 0. The molecule has 0 spiro atoms. The minimum absolute atomic E-state index is 0.00371. The van der Waals surface area contributed by atoms with Crippen LogP contribution >= 0.6 is 0 Å². The second-order valence-electron chi connectivity index (χ2n) is 6.76. The average Bonchev–Trinajstić information content (AvgIpc) is 3.42. The molecule has 2 N–H and O–H groups in total. The molecule has 4 nitrogen and oxygen atoms in total. The number of amides is 1. The SMILES string of the molecule is CNC(=O)Cc1c(C2CC2)n(Cc2ccccc2)c2ccc(O)cc12. The Kier molecular flexibility index (Phi) is 3.96. The fourth-order valence-electron chi connectivity index (χ4n) is 3.63. The molecule has 0 saturated heterocycles. The van der Waals surface area contributed by atoms with E-state index in [0.29, 0.717) is 12.3 Å². The van der Waals surface area contributed by atoms with Crippen molar-refractivity contribution in [1.82, 2.24) is 9.88 Å². The fraction of sp³-hybridized carbons (Fsp3) is 0.286. The van der Waals surface area contributed by atoms with Crippen LogP contribution in [0.3, 0.4) is 0 Å². The predicted molar refractivity (Wildman–Crippen MR) is 98.9 cm³/mol. The molecule has 25 heavy (non-hydrogen) atoms. The molecule has 3 aromatic rings. The maximum atomic E-state index is 12.1. The van der Waals surface area contributed by atoms with E-state index in [9.17, 15) is 9.90 Å². The van der Waals surface area contributed by atoms with Gasteiger partial charge in [-0.15, -0.1) is 0 Å². The van der Waals surface area contributed by atoms with E-state index in [1.807, 2.05) is 12.1 Å². The van der Waals surface area contributed by atoms with E-state index in [-0.39, 0.29) is 11.7 Å². The van der Waals surface area contributed by atoms with Crippen LogP contribution in [0.1, 0.15) is 35.6 Å². The number of carbonyl (C=O) groups excluding carboxylic acids is 1. The number of aromatic hydroxyl groups is 1. The number of fused-ring (bicyclic) bond motifs is 1. The lowest BCUT2D eigenvalue weighted by atomic mass is 10.0. The number of nitrogens with zero attached hydrogens (tertiary/aromatic N) is 1. The first-order valence-electron chi connectivity index (χ1n) is 8.76. The van der Waals surface area contributed by atoms with Crippen LogP contribution in [0.4, 0.5) is 0 Å². The molecule has 1 aliphatic rings. The van der Waals surface area contributed by atoms with E-state index in [0.717, 1.165) is 35.9 Å². The van der Waals surface area contributed by atoms with Crippen molar-refractivity contribution in [3.63, 3.8) is 0 Å². The van der Waals surface area contributed by atoms with Gasteiger partial charge >= 0.3 is 0 Å². The first kappa shape index (κ1) is 15.8. The topological polar surface area (TPSA) is 54.3 Å². The summed E-state index contributed by atoms with van der Waals surface area (Å²) in [5.74, 6) is 0.756. The second-order valence-corrected chi connectivity index (χ2v) is 6.76. The number of benzene rings is 2. The van der Waals surface area contributed by atoms with E-state index in [2.05, 4.69) is 34.1 Å². The number of phenols is 1. The quantitative estimate of drug-likeness (QED) is 0.749. The molecular formula is C21H22N2O2. The summed E-state index contributed by atoms with van der Waals surface area (Å²) in [6, 6.07) is 15.9. The number of carbonyl (C=O) groups is 1. The van der Waals surface area contributed by atoms with Gasteiger partial charge in [0.15, 0.2) is 0 Å². The van der Waals surface area contributed by atoms with Gasteiger partial charge in [0.2, 0.25) is 5.91 Å². The highest BCUT2D eigenvalue weighted by Crippen LogP contribution is 2.45. The Labute approximate surface area is 147 Å². The minimum atomic E-state index is 0.00371. The van der Waals surface area contributed by atoms with E-state index in [1.165, 1.54) is 11.3 Å². The van der Waals surface area contributed by atoms with Gasteiger partial charge in [-0.2, -0.15) is 0 Å². The van der Waals surface area contributed by atoms with Crippen molar-refractivity contribution in [2.75, 3.05) is 7.05 Å². The van der Waals surface area contributed by atoms with Crippen molar-refractivity contribution in [3.05, 3.63) is 65.4 Å². The van der Waals surface area contributed by atoms with Crippen molar-refractivity contribution < 1.29 is 9.90 Å². The first-order chi connectivity index (χ1) is 12.2. The zero-order chi connectivity index (χ0) is 17.4. The van der Waals surface area contributed by atoms with Gasteiger partial charge in [0.1, 0.15) is 5.75 Å². The molecule has 4 heteroatoms. The van der Waals surface area contributed by atoms with Gasteiger partial charge < -0.3 is 15.0 Å². The van der Waals surface area contributed by atoms with Crippen molar-refractivity contribution >= 4 is 16.8 Å². The number of likely N-dealkylation sites (N-methyl/N-ethyl adjacent to an activating group) is 1. The molecule has 1 fully saturated rings. The third-order valence-electron chi connectivity index (χ3n) is 4.96. The van der Waals surface area contributed by atoms with E-state index < -0.39 is 0 Å². The Hall–Kier alpha value is -2.75. The van der Waals surface area contributed by atoms with Gasteiger partial charge in [0.25, 0.3) is 0 Å². The molecule has 4 rings (SSSR count). The summed E-state index contributed by atoms with van der Waals surface area (Å²) in [7, 11) is 1.67. The minimum Gasteiger partial charge on any atom is -0.508 e. The Balaban J connectivity index is 1.91. The van der Waals surface area contributed by atoms with Gasteiger partial charge in [-0.1, -0.05) is 30.3 Å². The van der Waals surface area contributed by atoms with Crippen molar-refractivity contribution in [3.8, 4) is 5.75 Å². The van der Waals surface area contributed by atoms with E-state index in [4.69, 9.17) is 0 Å². The smallest absolute Gasteiger partial charge is 0.224 e. The van der Waals surface area contributed by atoms with E-state index in [1.54, 1.807) is 19.2 Å². The third kappa shape index (κ3) is 3.00. The highest BCUT2D eigenvalue weighted by molar-refractivity contribution is 5.92. The standard InChI is InChI=1S/C21H22N2O2/c1-22-20(25)12-18-17-11-16(24)9-10-19(17)23(21(18)15-7-8-15)13-14-5-3-2-4-6-14/h2-6,9-11,15,24H,7-8,12-13H2,1H3,(H,22,25). The second kappa shape index (κ2) is 6.28. The summed E-state index contributed by atoms with van der Waals surface area (Å²) in [6.07, 6.45) is 2.68. The van der Waals surface area contributed by atoms with Gasteiger partial charge in [-0.25, -0.2) is 0 Å². The van der Waals surface area contributed by atoms with E-state index >= 15 is 0 Å². The van der Waals surface area contributed by atoms with Crippen LogP contribution in [0.2, 0.25) is 0 Å². The molecule has 1 heterocycles. The summed E-state index contributed by atoms with van der Waals surface area (Å²) in [4.78, 5) is 12.1. The summed E-state index contributed by atoms with van der Waals surface area (Å²) in [5.41, 5.74) is 4.64. The van der Waals surface area contributed by atoms with Crippen LogP contribution in [-0.4, -0.2) is 22.6 Å².